The summed E-state index contributed by atoms with van der Waals surface area (Å²) in [6.07, 6.45) is -3.81. The Balaban J connectivity index is 2.30. The van der Waals surface area contributed by atoms with Crippen LogP contribution in [0.15, 0.2) is 36.4 Å². The van der Waals surface area contributed by atoms with Crippen molar-refractivity contribution in [1.29, 1.82) is 5.26 Å². The summed E-state index contributed by atoms with van der Waals surface area (Å²) in [5, 5.41) is 8.52. The number of nitriles is 1. The third kappa shape index (κ3) is 3.11. The Bertz CT molecular complexity index is 700. The van der Waals surface area contributed by atoms with Crippen LogP contribution in [0.3, 0.4) is 0 Å². The number of hydrogen-bond donors (Lipinski definition) is 0. The summed E-state index contributed by atoms with van der Waals surface area (Å²) < 4.78 is 63.9. The Hall–Kier alpha value is -2.75. The zero-order chi connectivity index (χ0) is 16.3. The van der Waals surface area contributed by atoms with Gasteiger partial charge in [-0.15, -0.1) is 0 Å². The number of rotatable bonds is 4. The molecule has 7 heteroatoms. The number of alkyl halides is 2. The molecular weight excluding hydrogens is 302 g/mol. The third-order valence-electron chi connectivity index (χ3n) is 2.80. The van der Waals surface area contributed by atoms with E-state index in [0.29, 0.717) is 17.9 Å². The molecule has 0 atom stereocenters. The highest BCUT2D eigenvalue weighted by molar-refractivity contribution is 5.38. The van der Waals surface area contributed by atoms with Crippen LogP contribution in [-0.4, -0.2) is 7.11 Å². The minimum absolute atomic E-state index is 0.370. The summed E-state index contributed by atoms with van der Waals surface area (Å²) in [5.41, 5.74) is -1.38. The van der Waals surface area contributed by atoms with Gasteiger partial charge >= 0.3 is 6.11 Å². The molecule has 3 nitrogen and oxygen atoms in total. The first-order valence-corrected chi connectivity index (χ1v) is 5.98. The fourth-order valence-electron chi connectivity index (χ4n) is 1.71. The lowest BCUT2D eigenvalue weighted by molar-refractivity contribution is -0.185. The van der Waals surface area contributed by atoms with E-state index < -0.39 is 34.6 Å². The van der Waals surface area contributed by atoms with Crippen LogP contribution in [0.25, 0.3) is 0 Å². The van der Waals surface area contributed by atoms with Gasteiger partial charge in [0.25, 0.3) is 0 Å². The minimum atomic E-state index is -3.81. The Kier molecular flexibility index (Phi) is 4.22. The van der Waals surface area contributed by atoms with Crippen LogP contribution in [0.5, 0.6) is 11.5 Å². The molecule has 0 aliphatic carbocycles. The number of benzene rings is 2. The predicted molar refractivity (Wildman–Crippen MR) is 68.6 cm³/mol. The van der Waals surface area contributed by atoms with E-state index in [4.69, 9.17) is 10.00 Å². The molecule has 0 bridgehead atoms. The zero-order valence-corrected chi connectivity index (χ0v) is 11.2. The standard InChI is InChI=1S/C15H9F4NO2/c1-21-10-4-2-9(3-5-10)15(18,19)22-11-6-13(16)12(8-20)14(17)7-11/h2-7H,1H3. The molecule has 0 aliphatic heterocycles. The Morgan fingerprint density at radius 2 is 1.55 bits per heavy atom. The molecule has 0 radical (unpaired) electrons. The van der Waals surface area contributed by atoms with Crippen molar-refractivity contribution >= 4 is 0 Å². The fraction of sp³-hybridized carbons (Fsp3) is 0.133. The lowest BCUT2D eigenvalue weighted by Crippen LogP contribution is -2.22. The Morgan fingerprint density at radius 3 is 2.00 bits per heavy atom. The van der Waals surface area contributed by atoms with Gasteiger partial charge in [0.2, 0.25) is 0 Å². The molecule has 0 unspecified atom stereocenters. The average molecular weight is 311 g/mol. The van der Waals surface area contributed by atoms with E-state index in [1.54, 1.807) is 0 Å². The highest BCUT2D eigenvalue weighted by Gasteiger charge is 2.35. The maximum atomic E-state index is 14.0. The zero-order valence-electron chi connectivity index (χ0n) is 11.2. The van der Waals surface area contributed by atoms with E-state index >= 15 is 0 Å². The summed E-state index contributed by atoms with van der Waals surface area (Å²) in [6, 6.07) is 7.07. The van der Waals surface area contributed by atoms with Crippen LogP contribution in [-0.2, 0) is 6.11 Å². The van der Waals surface area contributed by atoms with E-state index in [1.807, 2.05) is 0 Å². The SMILES string of the molecule is COc1ccc(C(F)(F)Oc2cc(F)c(C#N)c(F)c2)cc1. The van der Waals surface area contributed by atoms with Gasteiger partial charge in [-0.2, -0.15) is 14.0 Å². The lowest BCUT2D eigenvalue weighted by atomic mass is 10.2. The van der Waals surface area contributed by atoms with Crippen LogP contribution in [0, 0.1) is 23.0 Å². The van der Waals surface area contributed by atoms with Gasteiger partial charge in [0.05, 0.1) is 12.7 Å². The highest BCUT2D eigenvalue weighted by atomic mass is 19.3. The van der Waals surface area contributed by atoms with Crippen molar-refractivity contribution in [2.45, 2.75) is 6.11 Å². The monoisotopic (exact) mass is 311 g/mol. The van der Waals surface area contributed by atoms with E-state index in [0.717, 1.165) is 12.1 Å². The molecular formula is C15H9F4NO2. The smallest absolute Gasteiger partial charge is 0.426 e. The van der Waals surface area contributed by atoms with E-state index in [2.05, 4.69) is 4.74 Å². The van der Waals surface area contributed by atoms with Gasteiger partial charge in [-0.25, -0.2) is 8.78 Å². The van der Waals surface area contributed by atoms with Crippen LogP contribution in [0.4, 0.5) is 17.6 Å². The average Bonchev–Trinajstić information content (AvgIpc) is 2.46. The van der Waals surface area contributed by atoms with Crippen molar-refractivity contribution in [3.8, 4) is 17.6 Å². The second-order valence-electron chi connectivity index (χ2n) is 4.22. The van der Waals surface area contributed by atoms with Crippen LogP contribution < -0.4 is 9.47 Å². The van der Waals surface area contributed by atoms with Crippen molar-refractivity contribution in [1.82, 2.24) is 0 Å². The first kappa shape index (κ1) is 15.6. The number of halogens is 4. The lowest BCUT2D eigenvalue weighted by Gasteiger charge is -2.18. The molecule has 0 saturated carbocycles. The molecule has 2 aromatic rings. The molecule has 0 saturated heterocycles. The second-order valence-corrected chi connectivity index (χ2v) is 4.22. The van der Waals surface area contributed by atoms with Crippen LogP contribution in [0.2, 0.25) is 0 Å². The Morgan fingerprint density at radius 1 is 1.00 bits per heavy atom. The normalized spacial score (nSPS) is 10.9. The van der Waals surface area contributed by atoms with Gasteiger partial charge < -0.3 is 9.47 Å². The minimum Gasteiger partial charge on any atom is -0.497 e. The van der Waals surface area contributed by atoms with Gasteiger partial charge in [-0.05, 0) is 24.3 Å². The maximum absolute atomic E-state index is 14.0. The van der Waals surface area contributed by atoms with Crippen molar-refractivity contribution in [2.24, 2.45) is 0 Å². The number of methoxy groups -OCH3 is 1. The largest absolute Gasteiger partial charge is 0.497 e. The van der Waals surface area contributed by atoms with Crippen LogP contribution >= 0.6 is 0 Å². The van der Waals surface area contributed by atoms with E-state index in [1.165, 1.54) is 25.3 Å². The quantitative estimate of drug-likeness (QED) is 0.802. The molecule has 114 valence electrons. The molecule has 0 amide bonds. The number of ether oxygens (including phenoxy) is 2. The van der Waals surface area contributed by atoms with Crippen molar-refractivity contribution in [3.63, 3.8) is 0 Å². The summed E-state index contributed by atoms with van der Waals surface area (Å²) in [7, 11) is 1.38. The summed E-state index contributed by atoms with van der Waals surface area (Å²) in [5.74, 6) is -2.91. The molecule has 0 fully saturated rings. The summed E-state index contributed by atoms with van der Waals surface area (Å²) in [4.78, 5) is 0. The molecule has 22 heavy (non-hydrogen) atoms. The molecule has 0 heterocycles. The molecule has 0 aromatic heterocycles. The number of hydrogen-bond acceptors (Lipinski definition) is 3. The van der Waals surface area contributed by atoms with Crippen LogP contribution in [0.1, 0.15) is 11.1 Å². The molecule has 0 aliphatic rings. The highest BCUT2D eigenvalue weighted by Crippen LogP contribution is 2.33. The predicted octanol–water partition coefficient (Wildman–Crippen LogP) is 3.97. The molecule has 0 spiro atoms. The topological polar surface area (TPSA) is 42.2 Å². The fourth-order valence-corrected chi connectivity index (χ4v) is 1.71. The van der Waals surface area contributed by atoms with Crippen molar-refractivity contribution in [2.75, 3.05) is 7.11 Å². The van der Waals surface area contributed by atoms with Gasteiger partial charge in [-0.1, -0.05) is 0 Å². The van der Waals surface area contributed by atoms with Gasteiger partial charge in [0.15, 0.2) is 0 Å². The van der Waals surface area contributed by atoms with Crippen molar-refractivity contribution < 1.29 is 27.0 Å². The summed E-state index contributed by atoms with van der Waals surface area (Å²) >= 11 is 0. The van der Waals surface area contributed by atoms with E-state index in [9.17, 15) is 17.6 Å². The maximum Gasteiger partial charge on any atom is 0.426 e. The molecule has 2 aromatic carbocycles. The first-order valence-electron chi connectivity index (χ1n) is 5.98. The third-order valence-corrected chi connectivity index (χ3v) is 2.80. The van der Waals surface area contributed by atoms with Crippen molar-refractivity contribution in [3.05, 3.63) is 59.2 Å². The summed E-state index contributed by atoms with van der Waals surface area (Å²) in [6.45, 7) is 0. The molecule has 0 N–H and O–H groups in total. The number of nitrogens with zero attached hydrogens (tertiary/aromatic N) is 1. The second kappa shape index (κ2) is 5.93. The van der Waals surface area contributed by atoms with Gasteiger partial charge in [-0.3, -0.25) is 0 Å². The first-order chi connectivity index (χ1) is 10.4. The van der Waals surface area contributed by atoms with Gasteiger partial charge in [0, 0.05) is 12.1 Å². The molecule has 2 rings (SSSR count). The van der Waals surface area contributed by atoms with E-state index in [-0.39, 0.29) is 0 Å². The van der Waals surface area contributed by atoms with Gasteiger partial charge in [0.1, 0.15) is 34.8 Å². The Labute approximate surface area is 123 Å².